The van der Waals surface area contributed by atoms with E-state index >= 15 is 0 Å². The highest BCUT2D eigenvalue weighted by molar-refractivity contribution is 6.40. The smallest absolute Gasteiger partial charge is 0.313 e. The average molecular weight is 468 g/mol. The minimum Gasteiger partial charge on any atom is -0.490 e. The lowest BCUT2D eigenvalue weighted by atomic mass is 10.2. The Bertz CT molecular complexity index is 948. The molecule has 166 valence electrons. The lowest BCUT2D eigenvalue weighted by Gasteiger charge is -2.15. The van der Waals surface area contributed by atoms with E-state index in [4.69, 9.17) is 32.7 Å². The fourth-order valence-electron chi connectivity index (χ4n) is 2.52. The third kappa shape index (κ3) is 7.34. The summed E-state index contributed by atoms with van der Waals surface area (Å²) in [4.78, 5) is 36.7. The fourth-order valence-corrected chi connectivity index (χ4v) is 3.05. The fraction of sp³-hybridized carbons (Fsp3) is 0.286. The number of ether oxygens (including phenoxy) is 2. The standard InChI is InChI=1S/C21H23Cl2N3O5/c1-4-30-17-7-6-15(11-18(17)31-5-2)25-21(29)20(28)24-12(3)19(27)26-16-9-13(22)8-14(23)10-16/h6-12H,4-5H2,1-3H3,(H,24,28)(H,25,29)(H,26,27). The Kier molecular flexibility index (Phi) is 8.96. The molecule has 3 amide bonds. The van der Waals surface area contributed by atoms with Crippen molar-refractivity contribution in [3.05, 3.63) is 46.4 Å². The van der Waals surface area contributed by atoms with Crippen molar-refractivity contribution >= 4 is 52.3 Å². The van der Waals surface area contributed by atoms with Gasteiger partial charge in [-0.05, 0) is 51.1 Å². The van der Waals surface area contributed by atoms with Crippen LogP contribution in [0.1, 0.15) is 20.8 Å². The van der Waals surface area contributed by atoms with Crippen LogP contribution in [-0.4, -0.2) is 37.0 Å². The summed E-state index contributed by atoms with van der Waals surface area (Å²) in [6, 6.07) is 8.31. The van der Waals surface area contributed by atoms with Crippen molar-refractivity contribution in [3.63, 3.8) is 0 Å². The van der Waals surface area contributed by atoms with Crippen LogP contribution in [0.4, 0.5) is 11.4 Å². The highest BCUT2D eigenvalue weighted by Gasteiger charge is 2.21. The molecule has 0 bridgehead atoms. The first-order valence-electron chi connectivity index (χ1n) is 9.51. The van der Waals surface area contributed by atoms with Crippen molar-refractivity contribution in [2.24, 2.45) is 0 Å². The molecule has 1 unspecified atom stereocenters. The van der Waals surface area contributed by atoms with E-state index in [1.807, 2.05) is 13.8 Å². The third-order valence-corrected chi connectivity index (χ3v) is 4.31. The molecule has 0 fully saturated rings. The van der Waals surface area contributed by atoms with Crippen LogP contribution in [0.3, 0.4) is 0 Å². The van der Waals surface area contributed by atoms with Gasteiger partial charge in [0, 0.05) is 27.5 Å². The highest BCUT2D eigenvalue weighted by atomic mass is 35.5. The summed E-state index contributed by atoms with van der Waals surface area (Å²) >= 11 is 11.8. The van der Waals surface area contributed by atoms with Gasteiger partial charge in [-0.1, -0.05) is 23.2 Å². The molecule has 10 heteroatoms. The Hall–Kier alpha value is -2.97. The topological polar surface area (TPSA) is 106 Å². The van der Waals surface area contributed by atoms with Crippen molar-refractivity contribution in [3.8, 4) is 11.5 Å². The van der Waals surface area contributed by atoms with E-state index in [0.717, 1.165) is 0 Å². The number of anilines is 2. The van der Waals surface area contributed by atoms with Crippen LogP contribution in [-0.2, 0) is 14.4 Å². The van der Waals surface area contributed by atoms with Crippen molar-refractivity contribution < 1.29 is 23.9 Å². The molecule has 2 rings (SSSR count). The van der Waals surface area contributed by atoms with E-state index in [-0.39, 0.29) is 0 Å². The maximum absolute atomic E-state index is 12.3. The van der Waals surface area contributed by atoms with Crippen LogP contribution in [0.2, 0.25) is 10.0 Å². The molecule has 3 N–H and O–H groups in total. The summed E-state index contributed by atoms with van der Waals surface area (Å²) in [5.74, 6) is -1.48. The molecule has 31 heavy (non-hydrogen) atoms. The van der Waals surface area contributed by atoms with Gasteiger partial charge in [0.05, 0.1) is 13.2 Å². The van der Waals surface area contributed by atoms with Gasteiger partial charge in [0.25, 0.3) is 0 Å². The number of carbonyl (C=O) groups is 3. The summed E-state index contributed by atoms with van der Waals surface area (Å²) in [6.45, 7) is 5.96. The average Bonchev–Trinajstić information content (AvgIpc) is 2.69. The summed E-state index contributed by atoms with van der Waals surface area (Å²) in [6.07, 6.45) is 0. The van der Waals surface area contributed by atoms with Gasteiger partial charge in [-0.15, -0.1) is 0 Å². The van der Waals surface area contributed by atoms with Crippen LogP contribution in [0.25, 0.3) is 0 Å². The largest absolute Gasteiger partial charge is 0.490 e. The molecule has 0 heterocycles. The maximum Gasteiger partial charge on any atom is 0.313 e. The second kappa shape index (κ2) is 11.4. The van der Waals surface area contributed by atoms with Crippen molar-refractivity contribution in [1.82, 2.24) is 5.32 Å². The number of carbonyl (C=O) groups excluding carboxylic acids is 3. The number of rotatable bonds is 8. The van der Waals surface area contributed by atoms with Crippen LogP contribution in [0.15, 0.2) is 36.4 Å². The second-order valence-corrected chi connectivity index (χ2v) is 7.20. The quantitative estimate of drug-likeness (QED) is 0.510. The first kappa shape index (κ1) is 24.3. The predicted octanol–water partition coefficient (Wildman–Crippen LogP) is 3.87. The first-order chi connectivity index (χ1) is 14.7. The Balaban J connectivity index is 1.97. The number of benzene rings is 2. The SMILES string of the molecule is CCOc1ccc(NC(=O)C(=O)NC(C)C(=O)Nc2cc(Cl)cc(Cl)c2)cc1OCC. The summed E-state index contributed by atoms with van der Waals surface area (Å²) < 4.78 is 11.0. The van der Waals surface area contributed by atoms with E-state index < -0.39 is 23.8 Å². The van der Waals surface area contributed by atoms with E-state index in [2.05, 4.69) is 16.0 Å². The number of nitrogens with one attached hydrogen (secondary N) is 3. The molecule has 0 aliphatic carbocycles. The molecule has 0 radical (unpaired) electrons. The molecule has 0 aliphatic rings. The Labute approximate surface area is 190 Å². The van der Waals surface area contributed by atoms with Crippen molar-refractivity contribution in [2.45, 2.75) is 26.8 Å². The van der Waals surface area contributed by atoms with Gasteiger partial charge in [0.2, 0.25) is 5.91 Å². The first-order valence-corrected chi connectivity index (χ1v) is 10.3. The molecule has 0 aliphatic heterocycles. The monoisotopic (exact) mass is 467 g/mol. The third-order valence-electron chi connectivity index (χ3n) is 3.88. The molecule has 0 saturated heterocycles. The predicted molar refractivity (Wildman–Crippen MR) is 120 cm³/mol. The highest BCUT2D eigenvalue weighted by Crippen LogP contribution is 2.30. The Morgan fingerprint density at radius 3 is 2.06 bits per heavy atom. The minimum atomic E-state index is -0.990. The van der Waals surface area contributed by atoms with E-state index in [0.29, 0.717) is 46.1 Å². The molecule has 2 aromatic rings. The molecule has 0 aromatic heterocycles. The normalized spacial score (nSPS) is 11.3. The van der Waals surface area contributed by atoms with Gasteiger partial charge in [-0.2, -0.15) is 0 Å². The molecular formula is C21H23Cl2N3O5. The van der Waals surface area contributed by atoms with E-state index in [1.165, 1.54) is 25.1 Å². The zero-order valence-corrected chi connectivity index (χ0v) is 18.8. The molecule has 0 spiro atoms. The van der Waals surface area contributed by atoms with E-state index in [1.54, 1.807) is 18.2 Å². The zero-order chi connectivity index (χ0) is 23.0. The van der Waals surface area contributed by atoms with Crippen molar-refractivity contribution in [2.75, 3.05) is 23.8 Å². The van der Waals surface area contributed by atoms with Crippen LogP contribution in [0.5, 0.6) is 11.5 Å². The Morgan fingerprint density at radius 1 is 0.839 bits per heavy atom. The molecule has 0 saturated carbocycles. The number of hydrogen-bond donors (Lipinski definition) is 3. The maximum atomic E-state index is 12.3. The molecule has 2 aromatic carbocycles. The lowest BCUT2D eigenvalue weighted by molar-refractivity contribution is -0.137. The van der Waals surface area contributed by atoms with Crippen molar-refractivity contribution in [1.29, 1.82) is 0 Å². The summed E-state index contributed by atoms with van der Waals surface area (Å²) in [7, 11) is 0. The number of hydrogen-bond acceptors (Lipinski definition) is 5. The summed E-state index contributed by atoms with van der Waals surface area (Å²) in [5.41, 5.74) is 0.712. The van der Waals surface area contributed by atoms with E-state index in [9.17, 15) is 14.4 Å². The van der Waals surface area contributed by atoms with Gasteiger partial charge in [0.1, 0.15) is 6.04 Å². The van der Waals surface area contributed by atoms with Crippen LogP contribution >= 0.6 is 23.2 Å². The van der Waals surface area contributed by atoms with Gasteiger partial charge in [0.15, 0.2) is 11.5 Å². The van der Waals surface area contributed by atoms with Gasteiger partial charge >= 0.3 is 11.8 Å². The molecule has 1 atom stereocenters. The minimum absolute atomic E-state index is 0.345. The van der Waals surface area contributed by atoms with Crippen LogP contribution in [0, 0.1) is 0 Å². The zero-order valence-electron chi connectivity index (χ0n) is 17.3. The molecule has 8 nitrogen and oxygen atoms in total. The Morgan fingerprint density at radius 2 is 1.45 bits per heavy atom. The molecular weight excluding hydrogens is 445 g/mol. The second-order valence-electron chi connectivity index (χ2n) is 6.32. The van der Waals surface area contributed by atoms with Gasteiger partial charge in [-0.25, -0.2) is 0 Å². The number of amides is 3. The summed E-state index contributed by atoms with van der Waals surface area (Å²) in [5, 5.41) is 8.07. The lowest BCUT2D eigenvalue weighted by Crippen LogP contribution is -2.46. The van der Waals surface area contributed by atoms with Crippen LogP contribution < -0.4 is 25.4 Å². The van der Waals surface area contributed by atoms with Gasteiger partial charge < -0.3 is 25.4 Å². The number of halogens is 2. The van der Waals surface area contributed by atoms with Gasteiger partial charge in [-0.3, -0.25) is 14.4 Å².